The lowest BCUT2D eigenvalue weighted by Gasteiger charge is -2.35. The second-order valence-electron chi connectivity index (χ2n) is 6.74. The fraction of sp³-hybridized carbons (Fsp3) is 0.450. The summed E-state index contributed by atoms with van der Waals surface area (Å²) in [6.07, 6.45) is 2.59. The van der Waals surface area contributed by atoms with Crippen LogP contribution in [-0.2, 0) is 16.1 Å². The molecular weight excluding hydrogens is 334 g/mol. The first-order chi connectivity index (χ1) is 12.7. The highest BCUT2D eigenvalue weighted by molar-refractivity contribution is 5.82. The minimum absolute atomic E-state index is 0.0565. The predicted molar refractivity (Wildman–Crippen MR) is 94.0 cm³/mol. The molecule has 0 spiro atoms. The highest BCUT2D eigenvalue weighted by Crippen LogP contribution is 2.34. The highest BCUT2D eigenvalue weighted by atomic mass is 16.6. The Morgan fingerprint density at radius 3 is 2.65 bits per heavy atom. The van der Waals surface area contributed by atoms with Crippen molar-refractivity contribution < 1.29 is 23.4 Å². The monoisotopic (exact) mass is 357 g/mol. The zero-order valence-electron chi connectivity index (χ0n) is 14.8. The van der Waals surface area contributed by atoms with Gasteiger partial charge in [0.1, 0.15) is 11.9 Å². The van der Waals surface area contributed by atoms with Gasteiger partial charge in [0.25, 0.3) is 5.91 Å². The van der Waals surface area contributed by atoms with Crippen LogP contribution >= 0.6 is 0 Å². The van der Waals surface area contributed by atoms with Gasteiger partial charge in [-0.2, -0.15) is 0 Å². The number of nitrogens with zero attached hydrogens (tertiary/aromatic N) is 1. The Kier molecular flexibility index (Phi) is 4.84. The number of carbonyl (C=O) groups is 1. The van der Waals surface area contributed by atoms with Gasteiger partial charge in [-0.15, -0.1) is 0 Å². The molecule has 138 valence electrons. The normalized spacial score (nSPS) is 24.4. The third-order valence-corrected chi connectivity index (χ3v) is 4.77. The fourth-order valence-corrected chi connectivity index (χ4v) is 3.43. The van der Waals surface area contributed by atoms with Crippen molar-refractivity contribution in [1.29, 1.82) is 0 Å². The summed E-state index contributed by atoms with van der Waals surface area (Å²) >= 11 is 0. The molecule has 2 aromatic rings. The molecule has 1 aromatic carbocycles. The third-order valence-electron chi connectivity index (χ3n) is 4.77. The molecule has 0 radical (unpaired) electrons. The van der Waals surface area contributed by atoms with Crippen molar-refractivity contribution in [2.75, 3.05) is 13.2 Å². The molecule has 0 unspecified atom stereocenters. The molecule has 1 saturated heterocycles. The van der Waals surface area contributed by atoms with E-state index in [0.29, 0.717) is 24.6 Å². The smallest absolute Gasteiger partial charge is 0.268 e. The number of benzene rings is 1. The topological polar surface area (TPSA) is 61.1 Å². The van der Waals surface area contributed by atoms with Gasteiger partial charge >= 0.3 is 0 Å². The van der Waals surface area contributed by atoms with Crippen molar-refractivity contribution in [1.82, 2.24) is 4.90 Å². The Morgan fingerprint density at radius 1 is 1.15 bits per heavy atom. The van der Waals surface area contributed by atoms with E-state index in [9.17, 15) is 4.79 Å². The molecule has 0 bridgehead atoms. The molecule has 0 N–H and O–H groups in total. The Balaban J connectivity index is 1.53. The first-order valence-corrected chi connectivity index (χ1v) is 9.06. The maximum absolute atomic E-state index is 13.3. The first kappa shape index (κ1) is 17.0. The number of ether oxygens (including phenoxy) is 3. The van der Waals surface area contributed by atoms with Crippen LogP contribution in [0.4, 0.5) is 0 Å². The molecular formula is C20H23NO5. The van der Waals surface area contributed by atoms with Gasteiger partial charge < -0.3 is 23.5 Å². The second kappa shape index (κ2) is 7.41. The second-order valence-corrected chi connectivity index (χ2v) is 6.74. The van der Waals surface area contributed by atoms with Crippen LogP contribution in [0.3, 0.4) is 0 Å². The highest BCUT2D eigenvalue weighted by Gasteiger charge is 2.38. The van der Waals surface area contributed by atoms with E-state index in [0.717, 1.165) is 25.2 Å². The van der Waals surface area contributed by atoms with E-state index >= 15 is 0 Å². The predicted octanol–water partition coefficient (Wildman–Crippen LogP) is 3.02. The van der Waals surface area contributed by atoms with E-state index in [2.05, 4.69) is 0 Å². The zero-order chi connectivity index (χ0) is 17.9. The average molecular weight is 357 g/mol. The fourth-order valence-electron chi connectivity index (χ4n) is 3.43. The van der Waals surface area contributed by atoms with Crippen molar-refractivity contribution in [2.45, 2.75) is 44.6 Å². The number of hydrogen-bond donors (Lipinski definition) is 0. The lowest BCUT2D eigenvalue weighted by atomic mass is 10.1. The van der Waals surface area contributed by atoms with Crippen molar-refractivity contribution in [2.24, 2.45) is 0 Å². The minimum Gasteiger partial charge on any atom is -0.482 e. The van der Waals surface area contributed by atoms with Gasteiger partial charge in [0.05, 0.1) is 18.9 Å². The summed E-state index contributed by atoms with van der Waals surface area (Å²) < 4.78 is 23.0. The molecule has 0 saturated carbocycles. The van der Waals surface area contributed by atoms with E-state index < -0.39 is 6.10 Å². The van der Waals surface area contributed by atoms with Gasteiger partial charge in [0.15, 0.2) is 11.5 Å². The molecule has 26 heavy (non-hydrogen) atoms. The van der Waals surface area contributed by atoms with Gasteiger partial charge in [0, 0.05) is 13.2 Å². The van der Waals surface area contributed by atoms with Crippen molar-refractivity contribution >= 4 is 5.91 Å². The largest absolute Gasteiger partial charge is 0.482 e. The molecule has 1 fully saturated rings. The summed E-state index contributed by atoms with van der Waals surface area (Å²) in [5, 5.41) is 0. The van der Waals surface area contributed by atoms with Crippen LogP contribution in [0.1, 0.15) is 25.5 Å². The van der Waals surface area contributed by atoms with Gasteiger partial charge in [0.2, 0.25) is 6.10 Å². The van der Waals surface area contributed by atoms with Crippen LogP contribution in [0.15, 0.2) is 47.1 Å². The summed E-state index contributed by atoms with van der Waals surface area (Å²) in [4.78, 5) is 15.0. The third kappa shape index (κ3) is 3.55. The van der Waals surface area contributed by atoms with E-state index in [1.54, 1.807) is 11.2 Å². The van der Waals surface area contributed by atoms with Crippen LogP contribution < -0.4 is 9.47 Å². The van der Waals surface area contributed by atoms with Gasteiger partial charge in [-0.3, -0.25) is 4.79 Å². The van der Waals surface area contributed by atoms with Crippen molar-refractivity contribution in [3.05, 3.63) is 48.4 Å². The van der Waals surface area contributed by atoms with Gasteiger partial charge in [-0.25, -0.2) is 0 Å². The maximum atomic E-state index is 13.3. The number of hydrogen-bond acceptors (Lipinski definition) is 5. The van der Waals surface area contributed by atoms with Crippen molar-refractivity contribution in [3.8, 4) is 11.5 Å². The number of para-hydroxylation sites is 2. The molecule has 2 aliphatic heterocycles. The maximum Gasteiger partial charge on any atom is 0.268 e. The molecule has 1 amide bonds. The average Bonchev–Trinajstić information content (AvgIpc) is 3.34. The van der Waals surface area contributed by atoms with E-state index in [1.165, 1.54) is 0 Å². The van der Waals surface area contributed by atoms with Gasteiger partial charge in [-0.1, -0.05) is 12.1 Å². The Labute approximate surface area is 152 Å². The molecule has 4 rings (SSSR count). The molecule has 1 aromatic heterocycles. The standard InChI is InChI=1S/C20H23NO5/c1-14-19(26-18-9-3-2-8-17(18)25-14)20(22)21(12-15-6-4-10-23-15)13-16-7-5-11-24-16/h2-4,6,8-10,14,16,19H,5,7,11-13H2,1H3/t14-,16-,19+/m0/s1. The van der Waals surface area contributed by atoms with E-state index in [1.807, 2.05) is 43.3 Å². The van der Waals surface area contributed by atoms with Crippen LogP contribution in [0, 0.1) is 0 Å². The Hall–Kier alpha value is -2.47. The number of rotatable bonds is 5. The minimum atomic E-state index is -0.693. The zero-order valence-corrected chi connectivity index (χ0v) is 14.8. The van der Waals surface area contributed by atoms with E-state index in [-0.39, 0.29) is 18.1 Å². The molecule has 3 atom stereocenters. The number of carbonyl (C=O) groups excluding carboxylic acids is 1. The molecule has 2 aliphatic rings. The summed E-state index contributed by atoms with van der Waals surface area (Å²) in [6, 6.07) is 11.1. The Bertz CT molecular complexity index is 738. The summed E-state index contributed by atoms with van der Waals surface area (Å²) in [6.45, 7) is 3.52. The molecule has 0 aliphatic carbocycles. The van der Waals surface area contributed by atoms with E-state index in [4.69, 9.17) is 18.6 Å². The molecule has 3 heterocycles. The summed E-state index contributed by atoms with van der Waals surface area (Å²) in [5.74, 6) is 1.89. The lowest BCUT2D eigenvalue weighted by molar-refractivity contribution is -0.147. The number of amides is 1. The molecule has 6 nitrogen and oxygen atoms in total. The van der Waals surface area contributed by atoms with Crippen LogP contribution in [-0.4, -0.2) is 42.3 Å². The van der Waals surface area contributed by atoms with Crippen LogP contribution in [0.5, 0.6) is 11.5 Å². The summed E-state index contributed by atoms with van der Waals surface area (Å²) in [5.41, 5.74) is 0. The summed E-state index contributed by atoms with van der Waals surface area (Å²) in [7, 11) is 0. The first-order valence-electron chi connectivity index (χ1n) is 9.06. The molecule has 6 heteroatoms. The SMILES string of the molecule is C[C@@H]1Oc2ccccc2O[C@H]1C(=O)N(Cc1ccco1)C[C@@H]1CCCO1. The number of fused-ring (bicyclic) bond motifs is 1. The van der Waals surface area contributed by atoms with Crippen LogP contribution in [0.25, 0.3) is 0 Å². The Morgan fingerprint density at radius 2 is 1.96 bits per heavy atom. The van der Waals surface area contributed by atoms with Gasteiger partial charge in [-0.05, 0) is 44.0 Å². The quantitative estimate of drug-likeness (QED) is 0.823. The van der Waals surface area contributed by atoms with Crippen LogP contribution in [0.2, 0.25) is 0 Å². The number of furan rings is 1. The lowest BCUT2D eigenvalue weighted by Crippen LogP contribution is -2.51. The van der Waals surface area contributed by atoms with Crippen molar-refractivity contribution in [3.63, 3.8) is 0 Å².